The average molecular weight is 292 g/mol. The van der Waals surface area contributed by atoms with Crippen molar-refractivity contribution in [1.82, 2.24) is 0 Å². The van der Waals surface area contributed by atoms with Gasteiger partial charge in [0, 0.05) is 11.6 Å². The zero-order valence-electron chi connectivity index (χ0n) is 10.8. The molecule has 0 N–H and O–H groups in total. The number of rotatable bonds is 4. The van der Waals surface area contributed by atoms with Crippen molar-refractivity contribution in [2.75, 3.05) is 13.4 Å². The summed E-state index contributed by atoms with van der Waals surface area (Å²) in [6.45, 7) is -0.294. The van der Waals surface area contributed by atoms with E-state index in [1.807, 2.05) is 0 Å². The van der Waals surface area contributed by atoms with Crippen LogP contribution in [0.3, 0.4) is 0 Å². The molecular weight excluding hydrogens is 282 g/mol. The smallest absolute Gasteiger partial charge is 0.231 e. The minimum Gasteiger partial charge on any atom is -0.482 e. The molecule has 0 aliphatic carbocycles. The molecule has 0 aromatic heterocycles. The van der Waals surface area contributed by atoms with E-state index in [1.54, 1.807) is 12.1 Å². The summed E-state index contributed by atoms with van der Waals surface area (Å²) in [5.74, 6) is -1.01. The number of hydrogen-bond donors (Lipinski definition) is 0. The van der Waals surface area contributed by atoms with Crippen molar-refractivity contribution in [3.8, 4) is 17.2 Å². The Morgan fingerprint density at radius 3 is 2.76 bits per heavy atom. The van der Waals surface area contributed by atoms with Gasteiger partial charge >= 0.3 is 0 Å². The van der Waals surface area contributed by atoms with Gasteiger partial charge in [0.05, 0.1) is 0 Å². The van der Waals surface area contributed by atoms with Crippen LogP contribution in [0.15, 0.2) is 36.4 Å². The second kappa shape index (κ2) is 5.40. The Balaban J connectivity index is 1.70. The molecule has 0 amide bonds. The van der Waals surface area contributed by atoms with Crippen molar-refractivity contribution in [3.63, 3.8) is 0 Å². The van der Waals surface area contributed by atoms with Crippen LogP contribution in [0.25, 0.3) is 0 Å². The summed E-state index contributed by atoms with van der Waals surface area (Å²) < 4.78 is 41.7. The van der Waals surface area contributed by atoms with E-state index in [2.05, 4.69) is 0 Å². The Morgan fingerprint density at radius 1 is 1.10 bits per heavy atom. The van der Waals surface area contributed by atoms with Gasteiger partial charge in [-0.15, -0.1) is 0 Å². The maximum atomic E-state index is 13.4. The second-order valence-corrected chi connectivity index (χ2v) is 4.35. The quantitative estimate of drug-likeness (QED) is 0.813. The van der Waals surface area contributed by atoms with E-state index in [-0.39, 0.29) is 18.3 Å². The predicted octanol–water partition coefficient (Wildman–Crippen LogP) is 2.96. The molecule has 2 aromatic carbocycles. The summed E-state index contributed by atoms with van der Waals surface area (Å²) in [5, 5.41) is 0. The third-order valence-corrected chi connectivity index (χ3v) is 2.95. The van der Waals surface area contributed by atoms with Gasteiger partial charge in [0.15, 0.2) is 35.5 Å². The number of ketones is 1. The lowest BCUT2D eigenvalue weighted by Crippen LogP contribution is -2.12. The average Bonchev–Trinajstić information content (AvgIpc) is 2.95. The minimum atomic E-state index is -0.727. The van der Waals surface area contributed by atoms with Gasteiger partial charge in [-0.05, 0) is 30.3 Å². The number of carbonyl (C=O) groups excluding carboxylic acids is 1. The molecule has 0 spiro atoms. The van der Waals surface area contributed by atoms with Crippen LogP contribution < -0.4 is 14.2 Å². The maximum Gasteiger partial charge on any atom is 0.231 e. The zero-order valence-corrected chi connectivity index (χ0v) is 10.8. The molecule has 0 saturated heterocycles. The summed E-state index contributed by atoms with van der Waals surface area (Å²) in [5.41, 5.74) is 0.344. The van der Waals surface area contributed by atoms with E-state index in [4.69, 9.17) is 14.2 Å². The molecule has 0 atom stereocenters. The van der Waals surface area contributed by atoms with E-state index in [0.29, 0.717) is 17.1 Å². The molecule has 21 heavy (non-hydrogen) atoms. The largest absolute Gasteiger partial charge is 0.482 e. The van der Waals surface area contributed by atoms with Crippen LogP contribution in [0.2, 0.25) is 0 Å². The molecule has 2 aromatic rings. The molecule has 0 bridgehead atoms. The van der Waals surface area contributed by atoms with E-state index in [0.717, 1.165) is 18.2 Å². The Morgan fingerprint density at radius 2 is 1.90 bits per heavy atom. The van der Waals surface area contributed by atoms with Crippen LogP contribution in [-0.2, 0) is 0 Å². The fraction of sp³-hybridized carbons (Fsp3) is 0.133. The second-order valence-electron chi connectivity index (χ2n) is 4.35. The van der Waals surface area contributed by atoms with Crippen LogP contribution in [0.1, 0.15) is 10.4 Å². The maximum absolute atomic E-state index is 13.4. The summed E-state index contributed by atoms with van der Waals surface area (Å²) in [6.07, 6.45) is 0. The molecule has 1 aliphatic heterocycles. The molecule has 0 unspecified atom stereocenters. The SMILES string of the molecule is O=C(COc1cc(F)ccc1F)c1ccc2c(c1)OCO2. The lowest BCUT2D eigenvalue weighted by molar-refractivity contribution is 0.0918. The lowest BCUT2D eigenvalue weighted by Gasteiger charge is -2.07. The highest BCUT2D eigenvalue weighted by Gasteiger charge is 2.17. The number of fused-ring (bicyclic) bond motifs is 1. The van der Waals surface area contributed by atoms with Crippen molar-refractivity contribution in [2.24, 2.45) is 0 Å². The third kappa shape index (κ3) is 2.79. The normalized spacial score (nSPS) is 12.3. The van der Waals surface area contributed by atoms with Crippen molar-refractivity contribution in [3.05, 3.63) is 53.6 Å². The van der Waals surface area contributed by atoms with E-state index in [1.165, 1.54) is 6.07 Å². The summed E-state index contributed by atoms with van der Waals surface area (Å²) >= 11 is 0. The molecule has 0 saturated carbocycles. The van der Waals surface area contributed by atoms with Crippen molar-refractivity contribution >= 4 is 5.78 Å². The number of benzene rings is 2. The first-order valence-electron chi connectivity index (χ1n) is 6.14. The Labute approximate surface area is 118 Å². The Hall–Kier alpha value is -2.63. The fourth-order valence-corrected chi connectivity index (χ4v) is 1.88. The predicted molar refractivity (Wildman–Crippen MR) is 68.7 cm³/mol. The lowest BCUT2D eigenvalue weighted by atomic mass is 10.1. The molecular formula is C15H10F2O4. The molecule has 0 radical (unpaired) electrons. The number of Topliss-reactive ketones (excluding diaryl/α,β-unsaturated/α-hetero) is 1. The van der Waals surface area contributed by atoms with Gasteiger partial charge in [-0.3, -0.25) is 4.79 Å². The summed E-state index contributed by atoms with van der Waals surface area (Å²) in [4.78, 5) is 12.0. The molecule has 6 heteroatoms. The molecule has 0 fully saturated rings. The standard InChI is InChI=1S/C15H10F2O4/c16-10-2-3-11(17)14(6-10)19-7-12(18)9-1-4-13-15(5-9)21-8-20-13/h1-6H,7-8H2. The van der Waals surface area contributed by atoms with Crippen molar-refractivity contribution in [2.45, 2.75) is 0 Å². The van der Waals surface area contributed by atoms with E-state index < -0.39 is 18.2 Å². The van der Waals surface area contributed by atoms with Crippen molar-refractivity contribution in [1.29, 1.82) is 0 Å². The van der Waals surface area contributed by atoms with Crippen LogP contribution in [0, 0.1) is 11.6 Å². The van der Waals surface area contributed by atoms with Crippen LogP contribution in [0.4, 0.5) is 8.78 Å². The fourth-order valence-electron chi connectivity index (χ4n) is 1.88. The van der Waals surface area contributed by atoms with Gasteiger partial charge in [-0.25, -0.2) is 8.78 Å². The van der Waals surface area contributed by atoms with E-state index >= 15 is 0 Å². The van der Waals surface area contributed by atoms with Crippen LogP contribution >= 0.6 is 0 Å². The van der Waals surface area contributed by atoms with E-state index in [9.17, 15) is 13.6 Å². The Bertz CT molecular complexity index is 700. The monoisotopic (exact) mass is 292 g/mol. The van der Waals surface area contributed by atoms with Gasteiger partial charge in [0.2, 0.25) is 6.79 Å². The Kier molecular flexibility index (Phi) is 3.43. The molecule has 1 heterocycles. The first-order valence-corrected chi connectivity index (χ1v) is 6.14. The minimum absolute atomic E-state index is 0.109. The topological polar surface area (TPSA) is 44.8 Å². The van der Waals surface area contributed by atoms with Gasteiger partial charge < -0.3 is 14.2 Å². The molecule has 1 aliphatic rings. The van der Waals surface area contributed by atoms with Gasteiger partial charge in [0.25, 0.3) is 0 Å². The highest BCUT2D eigenvalue weighted by molar-refractivity contribution is 5.97. The van der Waals surface area contributed by atoms with Gasteiger partial charge in [0.1, 0.15) is 5.82 Å². The number of carbonyl (C=O) groups is 1. The summed E-state index contributed by atoms with van der Waals surface area (Å²) in [6, 6.07) is 7.50. The van der Waals surface area contributed by atoms with Crippen molar-refractivity contribution < 1.29 is 27.8 Å². The highest BCUT2D eigenvalue weighted by atomic mass is 19.1. The molecule has 108 valence electrons. The number of hydrogen-bond acceptors (Lipinski definition) is 4. The van der Waals surface area contributed by atoms with Gasteiger partial charge in [-0.2, -0.15) is 0 Å². The molecule has 3 rings (SSSR count). The summed E-state index contributed by atoms with van der Waals surface area (Å²) in [7, 11) is 0. The first kappa shape index (κ1) is 13.4. The third-order valence-electron chi connectivity index (χ3n) is 2.95. The van der Waals surface area contributed by atoms with Crippen LogP contribution in [-0.4, -0.2) is 19.2 Å². The highest BCUT2D eigenvalue weighted by Crippen LogP contribution is 2.32. The zero-order chi connectivity index (χ0) is 14.8. The first-order chi connectivity index (χ1) is 10.1. The molecule has 4 nitrogen and oxygen atoms in total. The number of halogens is 2. The number of ether oxygens (including phenoxy) is 3. The van der Waals surface area contributed by atoms with Crippen LogP contribution in [0.5, 0.6) is 17.2 Å². The van der Waals surface area contributed by atoms with Gasteiger partial charge in [-0.1, -0.05) is 0 Å².